The molecule has 38 heavy (non-hydrogen) atoms. The quantitative estimate of drug-likeness (QED) is 0.263. The van der Waals surface area contributed by atoms with Gasteiger partial charge in [-0.25, -0.2) is 4.79 Å². The number of amides is 3. The molecule has 0 unspecified atom stereocenters. The average Bonchev–Trinajstić information content (AvgIpc) is 2.81. The van der Waals surface area contributed by atoms with Crippen LogP contribution < -0.4 is 16.0 Å². The van der Waals surface area contributed by atoms with Crippen molar-refractivity contribution in [3.05, 3.63) is 48.0 Å². The molecule has 0 aromatic heterocycles. The zero-order valence-electron chi connectivity index (χ0n) is 23.1. The van der Waals surface area contributed by atoms with E-state index in [-0.39, 0.29) is 31.8 Å². The fourth-order valence-corrected chi connectivity index (χ4v) is 3.84. The number of hydrogen-bond donors (Lipinski definition) is 3. The molecule has 0 saturated carbocycles. The van der Waals surface area contributed by atoms with Crippen LogP contribution in [0.15, 0.2) is 42.5 Å². The van der Waals surface area contributed by atoms with E-state index in [2.05, 4.69) is 16.0 Å². The van der Waals surface area contributed by atoms with Crippen LogP contribution in [0.3, 0.4) is 0 Å². The summed E-state index contributed by atoms with van der Waals surface area (Å²) in [5.41, 5.74) is 0.280. The SMILES string of the molecule is CCCCOC(=O)C[C@@H](CC(=O)N[C@@H](C)CC(=O)NCc1cccc2ccccc12)NC(=O)OC(C)(C)C. The van der Waals surface area contributed by atoms with Gasteiger partial charge >= 0.3 is 12.1 Å². The lowest BCUT2D eigenvalue weighted by Gasteiger charge is -2.23. The van der Waals surface area contributed by atoms with Crippen LogP contribution in [-0.4, -0.2) is 48.2 Å². The van der Waals surface area contributed by atoms with Gasteiger partial charge < -0.3 is 25.4 Å². The number of carbonyl (C=O) groups is 4. The highest BCUT2D eigenvalue weighted by Crippen LogP contribution is 2.18. The lowest BCUT2D eigenvalue weighted by molar-refractivity contribution is -0.144. The Kier molecular flexibility index (Phi) is 12.0. The van der Waals surface area contributed by atoms with E-state index in [0.717, 1.165) is 29.2 Å². The second-order valence-corrected chi connectivity index (χ2v) is 10.4. The normalized spacial score (nSPS) is 12.8. The Hall–Kier alpha value is -3.62. The molecule has 3 N–H and O–H groups in total. The number of benzene rings is 2. The van der Waals surface area contributed by atoms with Crippen molar-refractivity contribution in [2.45, 2.75) is 91.0 Å². The summed E-state index contributed by atoms with van der Waals surface area (Å²) in [7, 11) is 0. The second kappa shape index (κ2) is 15.0. The summed E-state index contributed by atoms with van der Waals surface area (Å²) in [6.45, 7) is 9.54. The lowest BCUT2D eigenvalue weighted by Crippen LogP contribution is -2.44. The molecule has 3 amide bonds. The van der Waals surface area contributed by atoms with Crippen molar-refractivity contribution in [3.8, 4) is 0 Å². The first-order valence-corrected chi connectivity index (χ1v) is 13.1. The van der Waals surface area contributed by atoms with Crippen molar-refractivity contribution < 1.29 is 28.7 Å². The Bertz CT molecular complexity index is 1090. The summed E-state index contributed by atoms with van der Waals surface area (Å²) in [6.07, 6.45) is 0.636. The van der Waals surface area contributed by atoms with Gasteiger partial charge in [-0.05, 0) is 50.5 Å². The molecule has 0 radical (unpaired) electrons. The summed E-state index contributed by atoms with van der Waals surface area (Å²) in [5, 5.41) is 10.4. The van der Waals surface area contributed by atoms with Gasteiger partial charge in [0.25, 0.3) is 0 Å². The number of fused-ring (bicyclic) bond motifs is 1. The van der Waals surface area contributed by atoms with Crippen molar-refractivity contribution in [1.82, 2.24) is 16.0 Å². The molecule has 9 heteroatoms. The minimum atomic E-state index is -0.814. The van der Waals surface area contributed by atoms with Gasteiger partial charge in [-0.1, -0.05) is 55.8 Å². The average molecular weight is 528 g/mol. The van der Waals surface area contributed by atoms with Gasteiger partial charge in [0, 0.05) is 25.4 Å². The molecule has 2 aromatic rings. The van der Waals surface area contributed by atoms with Crippen LogP contribution in [-0.2, 0) is 30.4 Å². The number of unbranched alkanes of at least 4 members (excludes halogenated alkanes) is 1. The molecule has 0 aliphatic carbocycles. The molecule has 0 bridgehead atoms. The molecule has 2 rings (SSSR count). The van der Waals surface area contributed by atoms with E-state index < -0.39 is 35.7 Å². The smallest absolute Gasteiger partial charge is 0.407 e. The van der Waals surface area contributed by atoms with Gasteiger partial charge in [-0.3, -0.25) is 14.4 Å². The van der Waals surface area contributed by atoms with Crippen LogP contribution >= 0.6 is 0 Å². The first-order valence-electron chi connectivity index (χ1n) is 13.1. The second-order valence-electron chi connectivity index (χ2n) is 10.4. The van der Waals surface area contributed by atoms with E-state index in [9.17, 15) is 19.2 Å². The minimum Gasteiger partial charge on any atom is -0.466 e. The van der Waals surface area contributed by atoms with E-state index >= 15 is 0 Å². The van der Waals surface area contributed by atoms with E-state index in [1.54, 1.807) is 27.7 Å². The predicted octanol–water partition coefficient (Wildman–Crippen LogP) is 4.37. The largest absolute Gasteiger partial charge is 0.466 e. The summed E-state index contributed by atoms with van der Waals surface area (Å²) >= 11 is 0. The molecule has 0 saturated heterocycles. The Morgan fingerprint density at radius 3 is 2.32 bits per heavy atom. The lowest BCUT2D eigenvalue weighted by atomic mass is 10.0. The zero-order chi connectivity index (χ0) is 28.1. The highest BCUT2D eigenvalue weighted by molar-refractivity contribution is 5.86. The van der Waals surface area contributed by atoms with Crippen molar-refractivity contribution in [3.63, 3.8) is 0 Å². The topological polar surface area (TPSA) is 123 Å². The Balaban J connectivity index is 1.87. The number of nitrogens with one attached hydrogen (secondary N) is 3. The monoisotopic (exact) mass is 527 g/mol. The third-order valence-electron chi connectivity index (χ3n) is 5.58. The van der Waals surface area contributed by atoms with Crippen molar-refractivity contribution >= 4 is 34.6 Å². The maximum atomic E-state index is 12.7. The van der Waals surface area contributed by atoms with Crippen molar-refractivity contribution in [1.29, 1.82) is 0 Å². The van der Waals surface area contributed by atoms with Gasteiger partial charge in [-0.2, -0.15) is 0 Å². The molecule has 0 aliphatic heterocycles. The zero-order valence-corrected chi connectivity index (χ0v) is 23.1. The molecule has 0 spiro atoms. The maximum Gasteiger partial charge on any atom is 0.407 e. The van der Waals surface area contributed by atoms with Crippen LogP contribution in [0.5, 0.6) is 0 Å². The fourth-order valence-electron chi connectivity index (χ4n) is 3.84. The third kappa shape index (κ3) is 11.6. The number of alkyl carbamates (subject to hydrolysis) is 1. The summed E-state index contributed by atoms with van der Waals surface area (Å²) in [4.78, 5) is 49.7. The summed E-state index contributed by atoms with van der Waals surface area (Å²) in [5.74, 6) is -1.11. The number of esters is 1. The predicted molar refractivity (Wildman–Crippen MR) is 146 cm³/mol. The summed E-state index contributed by atoms with van der Waals surface area (Å²) in [6, 6.07) is 12.6. The molecule has 0 aliphatic rings. The van der Waals surface area contributed by atoms with E-state index in [1.165, 1.54) is 0 Å². The molecule has 208 valence electrons. The van der Waals surface area contributed by atoms with Gasteiger partial charge in [0.2, 0.25) is 11.8 Å². The Morgan fingerprint density at radius 1 is 0.895 bits per heavy atom. The summed E-state index contributed by atoms with van der Waals surface area (Å²) < 4.78 is 10.5. The molecular weight excluding hydrogens is 486 g/mol. The van der Waals surface area contributed by atoms with E-state index in [1.807, 2.05) is 49.4 Å². The van der Waals surface area contributed by atoms with Crippen LogP contribution in [0.4, 0.5) is 4.79 Å². The molecule has 9 nitrogen and oxygen atoms in total. The van der Waals surface area contributed by atoms with Gasteiger partial charge in [0.1, 0.15) is 5.60 Å². The highest BCUT2D eigenvalue weighted by Gasteiger charge is 2.25. The van der Waals surface area contributed by atoms with Crippen LogP contribution in [0.25, 0.3) is 10.8 Å². The molecular formula is C29H41N3O6. The number of carbonyl (C=O) groups excluding carboxylic acids is 4. The van der Waals surface area contributed by atoms with E-state index in [0.29, 0.717) is 6.54 Å². The fraction of sp³-hybridized carbons (Fsp3) is 0.517. The Labute approximate surface area is 225 Å². The van der Waals surface area contributed by atoms with Crippen LogP contribution in [0.2, 0.25) is 0 Å². The molecule has 0 heterocycles. The minimum absolute atomic E-state index is 0.0831. The standard InChI is InChI=1S/C29H41N3O6/c1-6-7-15-37-27(35)18-23(32-28(36)38-29(3,4)5)17-26(34)31-20(2)16-25(33)30-19-22-13-10-12-21-11-8-9-14-24(21)22/h8-14,20,23H,6-7,15-19H2,1-5H3,(H,30,33)(H,31,34)(H,32,36)/t20-,23+/m0/s1. The van der Waals surface area contributed by atoms with Crippen molar-refractivity contribution in [2.24, 2.45) is 0 Å². The first kappa shape index (κ1) is 30.6. The molecule has 2 aromatic carbocycles. The van der Waals surface area contributed by atoms with Gasteiger partial charge in [-0.15, -0.1) is 0 Å². The van der Waals surface area contributed by atoms with Gasteiger partial charge in [0.05, 0.1) is 19.1 Å². The maximum absolute atomic E-state index is 12.7. The third-order valence-corrected chi connectivity index (χ3v) is 5.58. The number of rotatable bonds is 13. The first-order chi connectivity index (χ1) is 18.0. The highest BCUT2D eigenvalue weighted by atomic mass is 16.6. The Morgan fingerprint density at radius 2 is 1.61 bits per heavy atom. The van der Waals surface area contributed by atoms with Crippen molar-refractivity contribution in [2.75, 3.05) is 6.61 Å². The van der Waals surface area contributed by atoms with Crippen LogP contribution in [0, 0.1) is 0 Å². The van der Waals surface area contributed by atoms with Gasteiger partial charge in [0.15, 0.2) is 0 Å². The molecule has 2 atom stereocenters. The number of ether oxygens (including phenoxy) is 2. The molecule has 0 fully saturated rings. The number of hydrogen-bond acceptors (Lipinski definition) is 6. The van der Waals surface area contributed by atoms with Crippen LogP contribution in [0.1, 0.15) is 72.3 Å². The van der Waals surface area contributed by atoms with E-state index in [4.69, 9.17) is 9.47 Å².